The number of halogens is 6. The molecule has 0 spiro atoms. The molecule has 6 nitrogen and oxygen atoms in total. The normalized spacial score (nSPS) is 10.3. The monoisotopic (exact) mass is 512 g/mol. The maximum absolute atomic E-state index is 12.9. The number of benzene rings is 3. The highest BCUT2D eigenvalue weighted by molar-refractivity contribution is 5.70. The van der Waals surface area contributed by atoms with E-state index < -0.39 is 30.2 Å². The molecule has 3 aromatic rings. The van der Waals surface area contributed by atoms with Crippen LogP contribution in [0, 0.1) is 0 Å². The summed E-state index contributed by atoms with van der Waals surface area (Å²) >= 11 is 0. The lowest BCUT2D eigenvalue weighted by Gasteiger charge is -2.12. The zero-order chi connectivity index (χ0) is 26.2. The van der Waals surface area contributed by atoms with Crippen LogP contribution in [0.25, 0.3) is 0 Å². The molecule has 12 heteroatoms. The number of carboxylic acid groups (broad SMARTS) is 1. The number of carboxylic acids is 1. The van der Waals surface area contributed by atoms with Gasteiger partial charge in [0.15, 0.2) is 0 Å². The molecule has 0 radical (unpaired) electrons. The fraction of sp³-hybridized carbons (Fsp3) is 0.0417. The number of ether oxygens (including phenoxy) is 4. The van der Waals surface area contributed by atoms with Crippen LogP contribution in [0.2, 0.25) is 0 Å². The maximum atomic E-state index is 12.9. The first-order valence-corrected chi connectivity index (χ1v) is 9.78. The highest BCUT2D eigenvalue weighted by atomic mass is 19.3. The van der Waals surface area contributed by atoms with Gasteiger partial charge >= 0.3 is 30.2 Å². The lowest BCUT2D eigenvalue weighted by molar-refractivity contribution is -0.136. The third-order valence-electron chi connectivity index (χ3n) is 4.13. The van der Waals surface area contributed by atoms with Crippen molar-refractivity contribution in [2.24, 2.45) is 0 Å². The molecular weight excluding hydrogens is 498 g/mol. The molecular formula is C24H14F6O6. The Labute approximate surface area is 199 Å². The topological polar surface area (TPSA) is 74.2 Å². The van der Waals surface area contributed by atoms with Gasteiger partial charge in [-0.3, -0.25) is 4.79 Å². The number of aliphatic carboxylic acids is 1. The summed E-state index contributed by atoms with van der Waals surface area (Å²) in [4.78, 5) is 11.2. The average Bonchev–Trinajstić information content (AvgIpc) is 2.81. The first kappa shape index (κ1) is 26.0. The second-order valence-corrected chi connectivity index (χ2v) is 6.80. The molecule has 0 unspecified atom stereocenters. The zero-order valence-corrected chi connectivity index (χ0v) is 17.8. The third-order valence-corrected chi connectivity index (χ3v) is 4.13. The third kappa shape index (κ3) is 7.72. The van der Waals surface area contributed by atoms with Gasteiger partial charge in [-0.25, -0.2) is 0 Å². The first-order chi connectivity index (χ1) is 17.1. The molecule has 0 saturated carbocycles. The predicted octanol–water partition coefficient (Wildman–Crippen LogP) is 7.73. The van der Waals surface area contributed by atoms with Gasteiger partial charge < -0.3 is 24.1 Å². The highest BCUT2D eigenvalue weighted by Crippen LogP contribution is 2.32. The van der Waals surface area contributed by atoms with E-state index in [4.69, 9.17) is 14.6 Å². The molecule has 0 bridgehead atoms. The molecule has 0 aliphatic rings. The van der Waals surface area contributed by atoms with E-state index in [1.54, 1.807) is 0 Å². The van der Waals surface area contributed by atoms with Crippen LogP contribution in [0.1, 0.15) is 5.56 Å². The Morgan fingerprint density at radius 1 is 0.583 bits per heavy atom. The molecule has 0 aliphatic carbocycles. The Morgan fingerprint density at radius 2 is 0.944 bits per heavy atom. The molecule has 3 rings (SSSR count). The highest BCUT2D eigenvalue weighted by Gasteiger charge is 2.12. The minimum atomic E-state index is -2.61. The van der Waals surface area contributed by atoms with Crippen LogP contribution in [0.4, 0.5) is 26.3 Å². The Balaban J connectivity index is 1.78. The van der Waals surface area contributed by atoms with Crippen molar-refractivity contribution in [3.63, 3.8) is 0 Å². The van der Waals surface area contributed by atoms with Gasteiger partial charge in [0.2, 0.25) is 0 Å². The van der Waals surface area contributed by atoms with Crippen molar-refractivity contribution in [1.82, 2.24) is 0 Å². The summed E-state index contributed by atoms with van der Waals surface area (Å²) in [5, 5.41) is 9.13. The molecule has 0 fully saturated rings. The smallest absolute Gasteiger partial charge is 0.344 e. The quantitative estimate of drug-likeness (QED) is 0.221. The van der Waals surface area contributed by atoms with E-state index in [1.165, 1.54) is 66.7 Å². The zero-order valence-electron chi connectivity index (χ0n) is 17.8. The van der Waals surface area contributed by atoms with Gasteiger partial charge in [0.1, 0.15) is 34.5 Å². The molecule has 0 aliphatic heterocycles. The van der Waals surface area contributed by atoms with Crippen molar-refractivity contribution < 1.29 is 55.2 Å². The van der Waals surface area contributed by atoms with E-state index >= 15 is 0 Å². The van der Waals surface area contributed by atoms with Crippen LogP contribution in [-0.4, -0.2) is 11.1 Å². The molecule has 1 N–H and O–H groups in total. The van der Waals surface area contributed by atoms with Gasteiger partial charge in [-0.05, 0) is 66.2 Å². The van der Waals surface area contributed by atoms with Crippen molar-refractivity contribution >= 4 is 5.97 Å². The molecule has 0 saturated heterocycles. The average molecular weight is 512 g/mol. The summed E-state index contributed by atoms with van der Waals surface area (Å²) in [5.41, 5.74) is 0.297. The second-order valence-electron chi connectivity index (χ2n) is 6.80. The molecule has 0 heterocycles. The molecule has 36 heavy (non-hydrogen) atoms. The summed E-state index contributed by atoms with van der Waals surface area (Å²) < 4.78 is 94.4. The van der Waals surface area contributed by atoms with Crippen LogP contribution < -0.4 is 18.9 Å². The van der Waals surface area contributed by atoms with E-state index in [0.717, 1.165) is 0 Å². The molecule has 0 atom stereocenters. The van der Waals surface area contributed by atoms with Gasteiger partial charge in [-0.1, -0.05) is 0 Å². The van der Waals surface area contributed by atoms with Crippen LogP contribution in [-0.2, 0) is 11.2 Å². The van der Waals surface area contributed by atoms with Gasteiger partial charge in [-0.15, -0.1) is 0 Å². The SMILES string of the molecule is O=C(O)Cc1cc(Oc2ccc(OC(F)=C(F)F)cc2)cc(Oc2ccc(OC(F)=C(F)F)cc2)c1. The van der Waals surface area contributed by atoms with Gasteiger partial charge in [-0.2, -0.15) is 26.3 Å². The van der Waals surface area contributed by atoms with Crippen LogP contribution in [0.3, 0.4) is 0 Å². The van der Waals surface area contributed by atoms with Gasteiger partial charge in [0, 0.05) is 6.07 Å². The largest absolute Gasteiger partial charge is 0.481 e. The summed E-state index contributed by atoms with van der Waals surface area (Å²) in [6, 6.07) is 10.1. The molecule has 188 valence electrons. The summed E-state index contributed by atoms with van der Waals surface area (Å²) in [6.45, 7) is 0. The Morgan fingerprint density at radius 3 is 1.28 bits per heavy atom. The van der Waals surface area contributed by atoms with E-state index in [0.29, 0.717) is 5.56 Å². The van der Waals surface area contributed by atoms with Gasteiger partial charge in [0.05, 0.1) is 6.42 Å². The van der Waals surface area contributed by atoms with Crippen LogP contribution in [0.5, 0.6) is 34.5 Å². The van der Waals surface area contributed by atoms with E-state index in [1.807, 2.05) is 0 Å². The van der Waals surface area contributed by atoms with Crippen molar-refractivity contribution in [2.75, 3.05) is 0 Å². The molecule has 3 aromatic carbocycles. The fourth-order valence-corrected chi connectivity index (χ4v) is 2.73. The Hall–Kier alpha value is -4.61. The van der Waals surface area contributed by atoms with Crippen LogP contribution in [0.15, 0.2) is 90.9 Å². The first-order valence-electron chi connectivity index (χ1n) is 9.78. The van der Waals surface area contributed by atoms with Crippen molar-refractivity contribution in [1.29, 1.82) is 0 Å². The summed E-state index contributed by atoms with van der Waals surface area (Å²) in [5.74, 6) is -0.911. The van der Waals surface area contributed by atoms with E-state index in [9.17, 15) is 31.1 Å². The number of hydrogen-bond acceptors (Lipinski definition) is 5. The Bertz CT molecular complexity index is 1190. The summed E-state index contributed by atoms with van der Waals surface area (Å²) in [7, 11) is 0. The molecule has 0 aromatic heterocycles. The van der Waals surface area contributed by atoms with Crippen molar-refractivity contribution in [3.8, 4) is 34.5 Å². The lowest BCUT2D eigenvalue weighted by atomic mass is 10.1. The summed E-state index contributed by atoms with van der Waals surface area (Å²) in [6.07, 6.45) is -5.61. The van der Waals surface area contributed by atoms with Crippen LogP contribution >= 0.6 is 0 Å². The molecule has 0 amide bonds. The Kier molecular flexibility index (Phi) is 8.44. The second kappa shape index (κ2) is 11.7. The number of hydrogen-bond donors (Lipinski definition) is 1. The van der Waals surface area contributed by atoms with Gasteiger partial charge in [0.25, 0.3) is 0 Å². The van der Waals surface area contributed by atoms with E-state index in [2.05, 4.69) is 9.47 Å². The minimum absolute atomic E-state index is 0.142. The fourth-order valence-electron chi connectivity index (χ4n) is 2.73. The van der Waals surface area contributed by atoms with E-state index in [-0.39, 0.29) is 40.9 Å². The number of carbonyl (C=O) groups is 1. The lowest BCUT2D eigenvalue weighted by Crippen LogP contribution is -2.01. The van der Waals surface area contributed by atoms with Crippen molar-refractivity contribution in [2.45, 2.75) is 6.42 Å². The van der Waals surface area contributed by atoms with Crippen molar-refractivity contribution in [3.05, 3.63) is 96.5 Å². The number of rotatable bonds is 10. The standard InChI is InChI=1S/C24H14F6O6/c25-21(26)23(29)35-16-5-1-14(2-6-16)33-18-9-13(11-20(31)32)10-19(12-18)34-15-3-7-17(8-4-15)36-24(30)22(27)28/h1-10,12H,11H2,(H,31,32). The minimum Gasteiger partial charge on any atom is -0.481 e. The predicted molar refractivity (Wildman–Crippen MR) is 113 cm³/mol. The maximum Gasteiger partial charge on any atom is 0.344 e.